The second kappa shape index (κ2) is 9.59. The highest BCUT2D eigenvalue weighted by atomic mass is 35.5. The van der Waals surface area contributed by atoms with Gasteiger partial charge in [0.15, 0.2) is 0 Å². The Hall–Kier alpha value is -2.12. The van der Waals surface area contributed by atoms with Crippen molar-refractivity contribution in [3.05, 3.63) is 80.7 Å². The number of nitrogens with zero attached hydrogens (tertiary/aromatic N) is 1. The van der Waals surface area contributed by atoms with E-state index in [-0.39, 0.29) is 12.5 Å². The molecule has 4 nitrogen and oxygen atoms in total. The summed E-state index contributed by atoms with van der Waals surface area (Å²) in [7, 11) is 0. The van der Waals surface area contributed by atoms with E-state index in [1.54, 1.807) is 24.3 Å². The summed E-state index contributed by atoms with van der Waals surface area (Å²) in [6.07, 6.45) is 3.75. The van der Waals surface area contributed by atoms with Crippen LogP contribution in [0.5, 0.6) is 0 Å². The van der Waals surface area contributed by atoms with E-state index in [1.807, 2.05) is 43.3 Å². The Morgan fingerprint density at radius 2 is 1.83 bits per heavy atom. The van der Waals surface area contributed by atoms with E-state index < -0.39 is 5.91 Å². The van der Waals surface area contributed by atoms with E-state index in [1.165, 1.54) is 16.7 Å². The summed E-state index contributed by atoms with van der Waals surface area (Å²) in [6.45, 7) is 1.72. The highest BCUT2D eigenvalue weighted by molar-refractivity contribution is 8.26. The first-order valence-corrected chi connectivity index (χ1v) is 10.5. The Bertz CT molecular complexity index is 1020. The molecular formula is C21H16Cl2N2O2S2. The van der Waals surface area contributed by atoms with Crippen LogP contribution in [-0.2, 0) is 9.59 Å². The summed E-state index contributed by atoms with van der Waals surface area (Å²) in [5.74, 6) is -0.683. The summed E-state index contributed by atoms with van der Waals surface area (Å²) >= 11 is 18.3. The molecule has 1 N–H and O–H groups in total. The van der Waals surface area contributed by atoms with E-state index in [9.17, 15) is 9.59 Å². The molecule has 148 valence electrons. The van der Waals surface area contributed by atoms with Crippen LogP contribution >= 0.6 is 47.2 Å². The van der Waals surface area contributed by atoms with Crippen LogP contribution in [0.2, 0.25) is 10.0 Å². The van der Waals surface area contributed by atoms with Crippen LogP contribution < -0.4 is 5.32 Å². The van der Waals surface area contributed by atoms with Crippen LogP contribution in [0.3, 0.4) is 0 Å². The number of allylic oxidation sites excluding steroid dienone is 2. The van der Waals surface area contributed by atoms with E-state index in [0.29, 0.717) is 25.0 Å². The van der Waals surface area contributed by atoms with Crippen molar-refractivity contribution < 1.29 is 9.59 Å². The van der Waals surface area contributed by atoms with Gasteiger partial charge in [-0.05, 0) is 42.3 Å². The highest BCUT2D eigenvalue weighted by Crippen LogP contribution is 2.32. The Morgan fingerprint density at radius 1 is 1.17 bits per heavy atom. The maximum atomic E-state index is 12.7. The van der Waals surface area contributed by atoms with Crippen LogP contribution in [0.1, 0.15) is 12.5 Å². The second-order valence-electron chi connectivity index (χ2n) is 6.27. The number of carbonyl (C=O) groups excluding carboxylic acids is 2. The van der Waals surface area contributed by atoms with Gasteiger partial charge in [0, 0.05) is 15.7 Å². The first kappa shape index (κ1) is 21.6. The first-order chi connectivity index (χ1) is 13.8. The predicted octanol–water partition coefficient (Wildman–Crippen LogP) is 5.78. The normalized spacial score (nSPS) is 15.9. The molecule has 0 unspecified atom stereocenters. The molecule has 1 aliphatic rings. The number of amides is 2. The zero-order chi connectivity index (χ0) is 21.0. The summed E-state index contributed by atoms with van der Waals surface area (Å²) in [5.41, 5.74) is 2.40. The van der Waals surface area contributed by atoms with Gasteiger partial charge in [-0.15, -0.1) is 0 Å². The Kier molecular flexibility index (Phi) is 7.14. The molecule has 0 bridgehead atoms. The number of nitrogens with one attached hydrogen (secondary N) is 1. The van der Waals surface area contributed by atoms with Crippen molar-refractivity contribution >= 4 is 75.1 Å². The minimum Gasteiger partial charge on any atom is -0.324 e. The lowest BCUT2D eigenvalue weighted by atomic mass is 10.1. The molecule has 1 saturated heterocycles. The van der Waals surface area contributed by atoms with E-state index in [4.69, 9.17) is 35.4 Å². The van der Waals surface area contributed by atoms with Gasteiger partial charge >= 0.3 is 0 Å². The van der Waals surface area contributed by atoms with Crippen molar-refractivity contribution in [2.45, 2.75) is 6.92 Å². The van der Waals surface area contributed by atoms with Crippen LogP contribution in [-0.4, -0.2) is 27.6 Å². The molecule has 0 spiro atoms. The third-order valence-electron chi connectivity index (χ3n) is 3.87. The number of anilines is 1. The lowest BCUT2D eigenvalue weighted by Crippen LogP contribution is -2.36. The molecule has 1 fully saturated rings. The average Bonchev–Trinajstić information content (AvgIpc) is 2.89. The number of rotatable bonds is 5. The predicted molar refractivity (Wildman–Crippen MR) is 125 cm³/mol. The molecule has 0 saturated carbocycles. The quantitative estimate of drug-likeness (QED) is 0.451. The van der Waals surface area contributed by atoms with Crippen molar-refractivity contribution in [2.24, 2.45) is 0 Å². The molecule has 3 rings (SSSR count). The molecule has 0 radical (unpaired) electrons. The molecule has 0 aliphatic carbocycles. The van der Waals surface area contributed by atoms with Crippen LogP contribution in [0.4, 0.5) is 5.69 Å². The molecule has 1 aliphatic heterocycles. The monoisotopic (exact) mass is 462 g/mol. The number of halogens is 2. The van der Waals surface area contributed by atoms with Crippen LogP contribution in [0.15, 0.2) is 65.1 Å². The molecule has 2 aromatic rings. The minimum absolute atomic E-state index is 0.187. The Morgan fingerprint density at radius 3 is 2.48 bits per heavy atom. The topological polar surface area (TPSA) is 49.4 Å². The van der Waals surface area contributed by atoms with E-state index in [0.717, 1.165) is 11.1 Å². The van der Waals surface area contributed by atoms with Gasteiger partial charge in [-0.2, -0.15) is 0 Å². The van der Waals surface area contributed by atoms with Gasteiger partial charge in [0.25, 0.3) is 5.91 Å². The Labute approximate surface area is 188 Å². The molecule has 29 heavy (non-hydrogen) atoms. The van der Waals surface area contributed by atoms with Crippen molar-refractivity contribution in [2.75, 3.05) is 11.9 Å². The van der Waals surface area contributed by atoms with Crippen molar-refractivity contribution in [1.29, 1.82) is 0 Å². The number of hydrogen-bond acceptors (Lipinski definition) is 4. The average molecular weight is 463 g/mol. The van der Waals surface area contributed by atoms with Crippen molar-refractivity contribution in [3.63, 3.8) is 0 Å². The maximum absolute atomic E-state index is 12.7. The summed E-state index contributed by atoms with van der Waals surface area (Å²) in [6, 6.07) is 14.5. The summed E-state index contributed by atoms with van der Waals surface area (Å²) < 4.78 is 0.341. The number of carbonyl (C=O) groups is 2. The largest absolute Gasteiger partial charge is 0.324 e. The third-order valence-corrected chi connectivity index (χ3v) is 5.69. The van der Waals surface area contributed by atoms with Gasteiger partial charge in [0.05, 0.1) is 4.91 Å². The van der Waals surface area contributed by atoms with Gasteiger partial charge in [-0.25, -0.2) is 0 Å². The van der Waals surface area contributed by atoms with Gasteiger partial charge in [0.1, 0.15) is 10.9 Å². The highest BCUT2D eigenvalue weighted by Gasteiger charge is 2.33. The Balaban J connectivity index is 1.68. The molecule has 1 heterocycles. The minimum atomic E-state index is -0.391. The molecule has 0 atom stereocenters. The lowest BCUT2D eigenvalue weighted by Gasteiger charge is -2.14. The number of hydrogen-bond donors (Lipinski definition) is 1. The molecule has 0 aromatic heterocycles. The van der Waals surface area contributed by atoms with Gasteiger partial charge in [0.2, 0.25) is 5.91 Å². The van der Waals surface area contributed by atoms with E-state index >= 15 is 0 Å². The fourth-order valence-corrected chi connectivity index (χ4v) is 4.50. The standard InChI is InChI=1S/C21H16Cl2N2O2S2/c1-13(7-14-5-3-2-4-6-14)8-18-20(27)25(21(28)29-18)12-19(26)24-17-10-15(22)9-16(23)11-17/h2-11H,12H2,1H3,(H,24,26)/b13-7+,18-8-. The molecule has 8 heteroatoms. The van der Waals surface area contributed by atoms with E-state index in [2.05, 4.69) is 5.32 Å². The smallest absolute Gasteiger partial charge is 0.266 e. The van der Waals surface area contributed by atoms with Gasteiger partial charge in [-0.1, -0.05) is 83.6 Å². The molecule has 2 aromatic carbocycles. The van der Waals surface area contributed by atoms with Crippen LogP contribution in [0, 0.1) is 0 Å². The maximum Gasteiger partial charge on any atom is 0.266 e. The zero-order valence-corrected chi connectivity index (χ0v) is 18.5. The second-order valence-corrected chi connectivity index (χ2v) is 8.82. The summed E-state index contributed by atoms with van der Waals surface area (Å²) in [4.78, 5) is 26.8. The molecular weight excluding hydrogens is 447 g/mol. The number of thioether (sulfide) groups is 1. The SMILES string of the molecule is CC(/C=C1\SC(=S)N(CC(=O)Nc2cc(Cl)cc(Cl)c2)C1=O)=C\c1ccccc1. The third kappa shape index (κ3) is 5.93. The first-order valence-electron chi connectivity index (χ1n) is 8.56. The summed E-state index contributed by atoms with van der Waals surface area (Å²) in [5, 5.41) is 3.49. The van der Waals surface area contributed by atoms with Crippen molar-refractivity contribution in [3.8, 4) is 0 Å². The van der Waals surface area contributed by atoms with Crippen LogP contribution in [0.25, 0.3) is 6.08 Å². The number of benzene rings is 2. The number of thiocarbonyl (C=S) groups is 1. The fraction of sp³-hybridized carbons (Fsp3) is 0.0952. The lowest BCUT2D eigenvalue weighted by molar-refractivity contribution is -0.126. The van der Waals surface area contributed by atoms with Crippen molar-refractivity contribution in [1.82, 2.24) is 4.90 Å². The zero-order valence-electron chi connectivity index (χ0n) is 15.3. The molecule has 2 amide bonds. The van der Waals surface area contributed by atoms with Gasteiger partial charge in [-0.3, -0.25) is 14.5 Å². The fourth-order valence-electron chi connectivity index (χ4n) is 2.67. The van der Waals surface area contributed by atoms with Gasteiger partial charge < -0.3 is 5.32 Å².